The second kappa shape index (κ2) is 9.84. The molecular formula is C28H35N5O2. The lowest BCUT2D eigenvalue weighted by molar-refractivity contribution is 0.0283. The van der Waals surface area contributed by atoms with Gasteiger partial charge in [0.05, 0.1) is 5.69 Å². The van der Waals surface area contributed by atoms with Crippen LogP contribution in [0.2, 0.25) is 0 Å². The molecule has 0 saturated carbocycles. The maximum atomic E-state index is 13.4. The SMILES string of the molecule is CNc1cccc(-c2cccc(NC(=O)c3nc4c(n3C)CCN(C3CCOCC3)C4)c2C)c1C. The van der Waals surface area contributed by atoms with Gasteiger partial charge in [-0.25, -0.2) is 4.98 Å². The van der Waals surface area contributed by atoms with Crippen LogP contribution in [0.3, 0.4) is 0 Å². The summed E-state index contributed by atoms with van der Waals surface area (Å²) in [5.74, 6) is 0.308. The van der Waals surface area contributed by atoms with E-state index in [4.69, 9.17) is 9.72 Å². The molecule has 0 atom stereocenters. The van der Waals surface area contributed by atoms with Gasteiger partial charge in [0, 0.05) is 69.9 Å². The number of hydrogen-bond acceptors (Lipinski definition) is 5. The zero-order valence-electron chi connectivity index (χ0n) is 21.1. The highest BCUT2D eigenvalue weighted by Crippen LogP contribution is 2.34. The Kier molecular flexibility index (Phi) is 6.62. The molecule has 5 rings (SSSR count). The summed E-state index contributed by atoms with van der Waals surface area (Å²) < 4.78 is 7.51. The molecule has 2 aliphatic rings. The summed E-state index contributed by atoms with van der Waals surface area (Å²) in [4.78, 5) is 20.7. The fraction of sp³-hybridized carbons (Fsp3) is 0.429. The lowest BCUT2D eigenvalue weighted by Gasteiger charge is -2.36. The number of nitrogens with zero attached hydrogens (tertiary/aromatic N) is 3. The molecule has 35 heavy (non-hydrogen) atoms. The molecule has 0 unspecified atom stereocenters. The van der Waals surface area contributed by atoms with E-state index in [2.05, 4.69) is 53.6 Å². The van der Waals surface area contributed by atoms with Crippen molar-refractivity contribution in [2.45, 2.75) is 45.7 Å². The normalized spacial score (nSPS) is 16.7. The molecule has 0 radical (unpaired) electrons. The van der Waals surface area contributed by atoms with Crippen LogP contribution in [0.4, 0.5) is 11.4 Å². The molecule has 2 aromatic carbocycles. The molecule has 184 valence electrons. The van der Waals surface area contributed by atoms with Crippen molar-refractivity contribution in [3.63, 3.8) is 0 Å². The summed E-state index contributed by atoms with van der Waals surface area (Å²) in [6, 6.07) is 12.9. The van der Waals surface area contributed by atoms with Gasteiger partial charge in [-0.3, -0.25) is 9.69 Å². The van der Waals surface area contributed by atoms with Crippen molar-refractivity contribution in [2.24, 2.45) is 7.05 Å². The Morgan fingerprint density at radius 2 is 1.69 bits per heavy atom. The van der Waals surface area contributed by atoms with E-state index in [1.165, 1.54) is 11.3 Å². The summed E-state index contributed by atoms with van der Waals surface area (Å²) in [7, 11) is 3.89. The maximum absolute atomic E-state index is 13.4. The first-order valence-electron chi connectivity index (χ1n) is 12.5. The van der Waals surface area contributed by atoms with E-state index in [9.17, 15) is 4.79 Å². The molecular weight excluding hydrogens is 438 g/mol. The van der Waals surface area contributed by atoms with Crippen molar-refractivity contribution in [2.75, 3.05) is 37.4 Å². The number of fused-ring (bicyclic) bond motifs is 1. The van der Waals surface area contributed by atoms with E-state index in [0.29, 0.717) is 11.9 Å². The first kappa shape index (κ1) is 23.6. The zero-order valence-corrected chi connectivity index (χ0v) is 21.1. The van der Waals surface area contributed by atoms with Crippen LogP contribution in [0.1, 0.15) is 46.0 Å². The number of hydrogen-bond donors (Lipinski definition) is 2. The highest BCUT2D eigenvalue weighted by molar-refractivity contribution is 6.03. The standard InChI is InChI=1S/C28H35N5O2/c1-18-21(7-5-9-23(18)29-3)22-8-6-10-24(19(22)2)31-28(34)27-30-25-17-33(14-11-26(25)32(27)4)20-12-15-35-16-13-20/h5-10,20,29H,11-17H2,1-4H3,(H,31,34). The van der Waals surface area contributed by atoms with E-state index >= 15 is 0 Å². The summed E-state index contributed by atoms with van der Waals surface area (Å²) in [6.07, 6.45) is 3.06. The fourth-order valence-corrected chi connectivity index (χ4v) is 5.55. The van der Waals surface area contributed by atoms with Crippen molar-refractivity contribution in [1.29, 1.82) is 0 Å². The molecule has 1 amide bonds. The second-order valence-corrected chi connectivity index (χ2v) is 9.61. The summed E-state index contributed by atoms with van der Waals surface area (Å²) in [6.45, 7) is 7.66. The lowest BCUT2D eigenvalue weighted by atomic mass is 9.94. The fourth-order valence-electron chi connectivity index (χ4n) is 5.55. The third-order valence-electron chi connectivity index (χ3n) is 7.67. The van der Waals surface area contributed by atoms with Gasteiger partial charge in [0.2, 0.25) is 0 Å². The third kappa shape index (κ3) is 4.46. The maximum Gasteiger partial charge on any atom is 0.291 e. The molecule has 1 saturated heterocycles. The number of ether oxygens (including phenoxy) is 1. The number of anilines is 2. The minimum atomic E-state index is -0.166. The Balaban J connectivity index is 1.38. The molecule has 2 aliphatic heterocycles. The average Bonchev–Trinajstić information content (AvgIpc) is 3.22. The van der Waals surface area contributed by atoms with Crippen LogP contribution in [0, 0.1) is 13.8 Å². The van der Waals surface area contributed by atoms with Gasteiger partial charge in [-0.2, -0.15) is 0 Å². The summed E-state index contributed by atoms with van der Waals surface area (Å²) in [5, 5.41) is 6.40. The van der Waals surface area contributed by atoms with Crippen molar-refractivity contribution in [1.82, 2.24) is 14.5 Å². The molecule has 0 spiro atoms. The van der Waals surface area contributed by atoms with Crippen LogP contribution in [-0.4, -0.2) is 53.2 Å². The number of amides is 1. The third-order valence-corrected chi connectivity index (χ3v) is 7.67. The predicted molar refractivity (Wildman–Crippen MR) is 140 cm³/mol. The number of nitrogens with one attached hydrogen (secondary N) is 2. The van der Waals surface area contributed by atoms with Gasteiger partial charge in [-0.05, 0) is 61.1 Å². The Hall–Kier alpha value is -3.16. The molecule has 0 bridgehead atoms. The van der Waals surface area contributed by atoms with E-state index in [1.54, 1.807) is 0 Å². The van der Waals surface area contributed by atoms with E-state index < -0.39 is 0 Å². The summed E-state index contributed by atoms with van der Waals surface area (Å²) >= 11 is 0. The minimum Gasteiger partial charge on any atom is -0.388 e. The molecule has 0 aliphatic carbocycles. The highest BCUT2D eigenvalue weighted by atomic mass is 16.5. The number of benzene rings is 2. The molecule has 1 fully saturated rings. The molecule has 3 heterocycles. The first-order chi connectivity index (χ1) is 17.0. The Morgan fingerprint density at radius 1 is 1.03 bits per heavy atom. The first-order valence-corrected chi connectivity index (χ1v) is 12.5. The monoisotopic (exact) mass is 473 g/mol. The second-order valence-electron chi connectivity index (χ2n) is 9.61. The lowest BCUT2D eigenvalue weighted by Crippen LogP contribution is -2.42. The van der Waals surface area contributed by atoms with E-state index in [1.807, 2.05) is 30.8 Å². The van der Waals surface area contributed by atoms with Crippen molar-refractivity contribution in [3.05, 3.63) is 64.7 Å². The smallest absolute Gasteiger partial charge is 0.291 e. The van der Waals surface area contributed by atoms with Gasteiger partial charge in [-0.15, -0.1) is 0 Å². The number of carbonyl (C=O) groups is 1. The molecule has 7 heteroatoms. The largest absolute Gasteiger partial charge is 0.388 e. The Labute approximate surface area is 207 Å². The Bertz CT molecular complexity index is 1240. The van der Waals surface area contributed by atoms with E-state index in [-0.39, 0.29) is 5.91 Å². The van der Waals surface area contributed by atoms with Crippen LogP contribution in [0.15, 0.2) is 36.4 Å². The van der Waals surface area contributed by atoms with Crippen LogP contribution in [0.5, 0.6) is 0 Å². The quantitative estimate of drug-likeness (QED) is 0.570. The molecule has 3 aromatic rings. The average molecular weight is 474 g/mol. The minimum absolute atomic E-state index is 0.166. The Morgan fingerprint density at radius 3 is 2.37 bits per heavy atom. The van der Waals surface area contributed by atoms with Gasteiger partial charge < -0.3 is 19.9 Å². The number of imidazole rings is 1. The number of rotatable bonds is 5. The van der Waals surface area contributed by atoms with Gasteiger partial charge in [0.25, 0.3) is 5.91 Å². The molecule has 1 aromatic heterocycles. The van der Waals surface area contributed by atoms with Crippen molar-refractivity contribution < 1.29 is 9.53 Å². The number of carbonyl (C=O) groups excluding carboxylic acids is 1. The predicted octanol–water partition coefficient (Wildman–Crippen LogP) is 4.54. The van der Waals surface area contributed by atoms with Crippen LogP contribution >= 0.6 is 0 Å². The zero-order chi connectivity index (χ0) is 24.5. The van der Waals surface area contributed by atoms with Crippen LogP contribution in [0.25, 0.3) is 11.1 Å². The summed E-state index contributed by atoms with van der Waals surface area (Å²) in [5.41, 5.74) is 8.61. The van der Waals surface area contributed by atoms with Gasteiger partial charge >= 0.3 is 0 Å². The topological polar surface area (TPSA) is 71.4 Å². The van der Waals surface area contributed by atoms with Crippen molar-refractivity contribution >= 4 is 17.3 Å². The van der Waals surface area contributed by atoms with Gasteiger partial charge in [0.1, 0.15) is 0 Å². The highest BCUT2D eigenvalue weighted by Gasteiger charge is 2.30. The van der Waals surface area contributed by atoms with Gasteiger partial charge in [-0.1, -0.05) is 24.3 Å². The van der Waals surface area contributed by atoms with Crippen LogP contribution in [-0.2, 0) is 24.8 Å². The molecule has 2 N–H and O–H groups in total. The van der Waals surface area contributed by atoms with Gasteiger partial charge in [0.15, 0.2) is 5.82 Å². The van der Waals surface area contributed by atoms with Crippen LogP contribution < -0.4 is 10.6 Å². The number of aromatic nitrogens is 2. The molecule has 7 nitrogen and oxygen atoms in total. The van der Waals surface area contributed by atoms with Crippen molar-refractivity contribution in [3.8, 4) is 11.1 Å². The van der Waals surface area contributed by atoms with E-state index in [0.717, 1.165) is 79.3 Å².